The van der Waals surface area contributed by atoms with Gasteiger partial charge in [0, 0.05) is 32.7 Å². The number of rotatable bonds is 5. The van der Waals surface area contributed by atoms with Gasteiger partial charge in [0.25, 0.3) is 5.91 Å². The van der Waals surface area contributed by atoms with Crippen molar-refractivity contribution in [1.82, 2.24) is 30.5 Å². The number of piperazine rings is 1. The van der Waals surface area contributed by atoms with Crippen molar-refractivity contribution >= 4 is 18.3 Å². The van der Waals surface area contributed by atoms with Gasteiger partial charge in [0.15, 0.2) is 5.69 Å². The van der Waals surface area contributed by atoms with Gasteiger partial charge in [-0.25, -0.2) is 4.68 Å². The minimum atomic E-state index is -4.43. The summed E-state index contributed by atoms with van der Waals surface area (Å²) >= 11 is 0. The lowest BCUT2D eigenvalue weighted by Crippen LogP contribution is -2.57. The zero-order valence-electron chi connectivity index (χ0n) is 16.2. The Labute approximate surface area is 173 Å². The summed E-state index contributed by atoms with van der Waals surface area (Å²) < 4.78 is 41.9. The molecule has 0 spiro atoms. The molecule has 1 fully saturated rings. The Kier molecular flexibility index (Phi) is 7.61. The number of carbonyl (C=O) groups excluding carboxylic acids is 1. The van der Waals surface area contributed by atoms with E-state index in [0.29, 0.717) is 18.8 Å². The normalized spacial score (nSPS) is 16.2. The number of aryl methyl sites for hydroxylation is 1. The molecule has 160 valence electrons. The van der Waals surface area contributed by atoms with Gasteiger partial charge >= 0.3 is 6.18 Å². The molecule has 0 saturated carbocycles. The maximum Gasteiger partial charge on any atom is 0.405 e. The second kappa shape index (κ2) is 9.55. The first-order valence-corrected chi connectivity index (χ1v) is 9.06. The summed E-state index contributed by atoms with van der Waals surface area (Å²) in [4.78, 5) is 13.8. The van der Waals surface area contributed by atoms with Gasteiger partial charge in [0.1, 0.15) is 6.04 Å². The average molecular weight is 433 g/mol. The Morgan fingerprint density at radius 1 is 1.28 bits per heavy atom. The van der Waals surface area contributed by atoms with Crippen LogP contribution in [0.25, 0.3) is 5.69 Å². The second-order valence-corrected chi connectivity index (χ2v) is 6.83. The van der Waals surface area contributed by atoms with Crippen molar-refractivity contribution in [1.29, 1.82) is 0 Å². The Morgan fingerprint density at radius 3 is 2.59 bits per heavy atom. The largest absolute Gasteiger partial charge is 0.405 e. The molecule has 1 unspecified atom stereocenters. The molecule has 0 aliphatic carbocycles. The highest BCUT2D eigenvalue weighted by Crippen LogP contribution is 2.25. The van der Waals surface area contributed by atoms with Crippen LogP contribution in [0.5, 0.6) is 0 Å². The van der Waals surface area contributed by atoms with Crippen LogP contribution in [0, 0.1) is 13.8 Å². The van der Waals surface area contributed by atoms with E-state index < -0.39 is 24.7 Å². The fourth-order valence-electron chi connectivity index (χ4n) is 3.26. The lowest BCUT2D eigenvalue weighted by atomic mass is 10.2. The van der Waals surface area contributed by atoms with Gasteiger partial charge in [-0.1, -0.05) is 17.3 Å². The predicted molar refractivity (Wildman–Crippen MR) is 105 cm³/mol. The van der Waals surface area contributed by atoms with Gasteiger partial charge in [0.2, 0.25) is 0 Å². The lowest BCUT2D eigenvalue weighted by molar-refractivity contribution is -0.183. The third-order valence-corrected chi connectivity index (χ3v) is 4.78. The van der Waals surface area contributed by atoms with E-state index in [9.17, 15) is 18.0 Å². The summed E-state index contributed by atoms with van der Waals surface area (Å²) in [6.45, 7) is 4.60. The lowest BCUT2D eigenvalue weighted by Gasteiger charge is -2.35. The number of carbonyl (C=O) groups is 1. The topological polar surface area (TPSA) is 75.1 Å². The van der Waals surface area contributed by atoms with Crippen molar-refractivity contribution in [2.24, 2.45) is 0 Å². The van der Waals surface area contributed by atoms with Gasteiger partial charge in [-0.3, -0.25) is 9.69 Å². The first-order valence-electron chi connectivity index (χ1n) is 9.06. The number of amides is 1. The molecule has 1 aromatic heterocycles. The molecule has 0 radical (unpaired) electrons. The quantitative estimate of drug-likeness (QED) is 0.754. The summed E-state index contributed by atoms with van der Waals surface area (Å²) in [6.07, 6.45) is -4.43. The molecule has 1 aliphatic heterocycles. The Morgan fingerprint density at radius 2 is 1.97 bits per heavy atom. The molecule has 29 heavy (non-hydrogen) atoms. The average Bonchev–Trinajstić information content (AvgIpc) is 3.03. The molecule has 1 saturated heterocycles. The van der Waals surface area contributed by atoms with Crippen molar-refractivity contribution in [3.63, 3.8) is 0 Å². The van der Waals surface area contributed by atoms with Crippen LogP contribution in [0.3, 0.4) is 0 Å². The maximum absolute atomic E-state index is 13.5. The van der Waals surface area contributed by atoms with Crippen molar-refractivity contribution in [3.8, 4) is 5.69 Å². The molecule has 3 rings (SSSR count). The molecular formula is C18H24ClF3N6O. The number of alkyl halides is 3. The summed E-state index contributed by atoms with van der Waals surface area (Å²) in [5.74, 6) is -0.666. The fourth-order valence-corrected chi connectivity index (χ4v) is 3.26. The van der Waals surface area contributed by atoms with Crippen LogP contribution in [0.2, 0.25) is 0 Å². The van der Waals surface area contributed by atoms with Crippen molar-refractivity contribution < 1.29 is 18.0 Å². The number of halogens is 4. The number of aromatic nitrogens is 3. The standard InChI is InChI=1S/C18H23F3N6O.ClH/c1-12-4-3-5-14(10-12)27-13(2)16(24-25-27)17(28)23-11-15(18(19,20)21)26-8-6-22-7-9-26;/h3-5,10,15,22H,6-9,11H2,1-2H3,(H,23,28);1H. The van der Waals surface area contributed by atoms with Crippen LogP contribution in [0.1, 0.15) is 21.7 Å². The van der Waals surface area contributed by atoms with E-state index in [1.807, 2.05) is 31.2 Å². The van der Waals surface area contributed by atoms with Gasteiger partial charge in [-0.15, -0.1) is 17.5 Å². The smallest absolute Gasteiger partial charge is 0.349 e. The minimum Gasteiger partial charge on any atom is -0.349 e. The van der Waals surface area contributed by atoms with Crippen molar-refractivity contribution in [2.45, 2.75) is 26.1 Å². The van der Waals surface area contributed by atoms with E-state index >= 15 is 0 Å². The molecule has 1 amide bonds. The molecule has 1 atom stereocenters. The second-order valence-electron chi connectivity index (χ2n) is 6.83. The summed E-state index contributed by atoms with van der Waals surface area (Å²) in [7, 11) is 0. The first-order chi connectivity index (χ1) is 13.3. The van der Waals surface area contributed by atoms with Crippen LogP contribution >= 0.6 is 12.4 Å². The fraction of sp³-hybridized carbons (Fsp3) is 0.500. The zero-order valence-corrected chi connectivity index (χ0v) is 17.0. The van der Waals surface area contributed by atoms with Crippen LogP contribution in [-0.4, -0.2) is 70.7 Å². The van der Waals surface area contributed by atoms with Crippen molar-refractivity contribution in [2.75, 3.05) is 32.7 Å². The third-order valence-electron chi connectivity index (χ3n) is 4.78. The van der Waals surface area contributed by atoms with E-state index in [1.54, 1.807) is 6.92 Å². The summed E-state index contributed by atoms with van der Waals surface area (Å²) in [6, 6.07) is 5.75. The number of nitrogens with one attached hydrogen (secondary N) is 2. The monoisotopic (exact) mass is 432 g/mol. The molecular weight excluding hydrogens is 409 g/mol. The molecule has 11 heteroatoms. The summed E-state index contributed by atoms with van der Waals surface area (Å²) in [5.41, 5.74) is 2.23. The Bertz CT molecular complexity index is 835. The van der Waals surface area contributed by atoms with Gasteiger partial charge in [0.05, 0.1) is 11.4 Å². The predicted octanol–water partition coefficient (Wildman–Crippen LogP) is 1.87. The van der Waals surface area contributed by atoms with Gasteiger partial charge in [-0.05, 0) is 31.5 Å². The molecule has 2 N–H and O–H groups in total. The number of nitrogens with zero attached hydrogens (tertiary/aromatic N) is 4. The first kappa shape index (κ1) is 23.1. The highest BCUT2D eigenvalue weighted by Gasteiger charge is 2.44. The van der Waals surface area contributed by atoms with Crippen LogP contribution in [-0.2, 0) is 0 Å². The third kappa shape index (κ3) is 5.46. The molecule has 1 aliphatic rings. The number of benzene rings is 1. The van der Waals surface area contributed by atoms with E-state index in [-0.39, 0.29) is 31.2 Å². The molecule has 2 heterocycles. The minimum absolute atomic E-state index is 0. The van der Waals surface area contributed by atoms with Crippen LogP contribution in [0.15, 0.2) is 24.3 Å². The Hall–Kier alpha value is -2.17. The molecule has 7 nitrogen and oxygen atoms in total. The highest BCUT2D eigenvalue weighted by atomic mass is 35.5. The van der Waals surface area contributed by atoms with Gasteiger partial charge < -0.3 is 10.6 Å². The van der Waals surface area contributed by atoms with E-state index in [4.69, 9.17) is 0 Å². The molecule has 1 aromatic carbocycles. The number of hydrogen-bond acceptors (Lipinski definition) is 5. The molecule has 0 bridgehead atoms. The van der Waals surface area contributed by atoms with E-state index in [2.05, 4.69) is 20.9 Å². The van der Waals surface area contributed by atoms with E-state index in [0.717, 1.165) is 11.3 Å². The maximum atomic E-state index is 13.5. The number of hydrogen-bond donors (Lipinski definition) is 2. The van der Waals surface area contributed by atoms with Crippen LogP contribution in [0.4, 0.5) is 13.2 Å². The molecule has 2 aromatic rings. The highest BCUT2D eigenvalue weighted by molar-refractivity contribution is 5.93. The van der Waals surface area contributed by atoms with Crippen molar-refractivity contribution in [3.05, 3.63) is 41.2 Å². The van der Waals surface area contributed by atoms with Crippen LogP contribution < -0.4 is 10.6 Å². The SMILES string of the molecule is Cc1cccc(-n2nnc(C(=O)NCC(N3CCNCC3)C(F)(F)F)c2C)c1.Cl. The zero-order chi connectivity index (χ0) is 20.3. The van der Waals surface area contributed by atoms with Gasteiger partial charge in [-0.2, -0.15) is 13.2 Å². The Balaban J connectivity index is 0.00000300. The van der Waals surface area contributed by atoms with E-state index in [1.165, 1.54) is 9.58 Å². The summed E-state index contributed by atoms with van der Waals surface area (Å²) in [5, 5.41) is 13.3.